The van der Waals surface area contributed by atoms with Crippen molar-refractivity contribution in [3.8, 4) is 45.2 Å². The fourth-order valence-electron chi connectivity index (χ4n) is 6.22. The molecule has 2 heterocycles. The molecule has 0 bridgehead atoms. The van der Waals surface area contributed by atoms with Crippen LogP contribution in [0.1, 0.15) is 25.0 Å². The zero-order valence-electron chi connectivity index (χ0n) is 22.3. The highest BCUT2D eigenvalue weighted by Gasteiger charge is 2.37. The van der Waals surface area contributed by atoms with Crippen LogP contribution < -0.4 is 0 Å². The van der Waals surface area contributed by atoms with Gasteiger partial charge in [-0.3, -0.25) is 0 Å². The first-order valence-electron chi connectivity index (χ1n) is 13.7. The average Bonchev–Trinajstić information content (AvgIpc) is 3.53. The number of nitrogens with zero attached hydrogens (tertiary/aromatic N) is 2. The molecule has 2 aromatic heterocycles. The lowest BCUT2D eigenvalue weighted by atomic mass is 9.81. The SMILES string of the molecule is CC1(C)c2cc3ccccc3cc2-c2c(-c3cc(-c4cc5ccccc5o4)nc(-c4ccccc4)n3)cccc21. The van der Waals surface area contributed by atoms with E-state index in [0.717, 1.165) is 39.2 Å². The Morgan fingerprint density at radius 2 is 1.25 bits per heavy atom. The van der Waals surface area contributed by atoms with Gasteiger partial charge in [0.05, 0.1) is 5.69 Å². The summed E-state index contributed by atoms with van der Waals surface area (Å²) in [7, 11) is 0. The van der Waals surface area contributed by atoms with E-state index < -0.39 is 0 Å². The predicted molar refractivity (Wildman–Crippen MR) is 163 cm³/mol. The lowest BCUT2D eigenvalue weighted by molar-refractivity contribution is 0.628. The summed E-state index contributed by atoms with van der Waals surface area (Å²) in [6.07, 6.45) is 0. The fraction of sp³-hybridized carbons (Fsp3) is 0.0811. The van der Waals surface area contributed by atoms with Crippen molar-refractivity contribution < 1.29 is 4.42 Å². The van der Waals surface area contributed by atoms with Gasteiger partial charge >= 0.3 is 0 Å². The molecule has 0 radical (unpaired) electrons. The van der Waals surface area contributed by atoms with Gasteiger partial charge in [0, 0.05) is 21.9 Å². The van der Waals surface area contributed by atoms with E-state index in [-0.39, 0.29) is 5.41 Å². The van der Waals surface area contributed by atoms with Crippen LogP contribution in [0.5, 0.6) is 0 Å². The van der Waals surface area contributed by atoms with E-state index in [4.69, 9.17) is 14.4 Å². The molecular weight excluding hydrogens is 488 g/mol. The maximum atomic E-state index is 6.28. The predicted octanol–water partition coefficient (Wildman–Crippen LogP) is 9.68. The average molecular weight is 515 g/mol. The Morgan fingerprint density at radius 3 is 2.05 bits per heavy atom. The lowest BCUT2D eigenvalue weighted by Gasteiger charge is -2.22. The zero-order chi connectivity index (χ0) is 26.8. The summed E-state index contributed by atoms with van der Waals surface area (Å²) in [5.74, 6) is 1.42. The van der Waals surface area contributed by atoms with Crippen LogP contribution in [-0.4, -0.2) is 9.97 Å². The van der Waals surface area contributed by atoms with E-state index >= 15 is 0 Å². The number of para-hydroxylation sites is 1. The number of furan rings is 1. The van der Waals surface area contributed by atoms with Gasteiger partial charge in [-0.25, -0.2) is 9.97 Å². The molecular formula is C37H26N2O. The number of hydrogen-bond donors (Lipinski definition) is 0. The highest BCUT2D eigenvalue weighted by Crippen LogP contribution is 2.53. The number of hydrogen-bond acceptors (Lipinski definition) is 3. The van der Waals surface area contributed by atoms with Crippen molar-refractivity contribution in [2.75, 3.05) is 0 Å². The first kappa shape index (κ1) is 22.9. The van der Waals surface area contributed by atoms with Gasteiger partial charge in [0.2, 0.25) is 0 Å². The van der Waals surface area contributed by atoms with Crippen molar-refractivity contribution in [2.24, 2.45) is 0 Å². The normalized spacial score (nSPS) is 13.4. The van der Waals surface area contributed by atoms with Crippen LogP contribution in [0.2, 0.25) is 0 Å². The summed E-state index contributed by atoms with van der Waals surface area (Å²) >= 11 is 0. The van der Waals surface area contributed by atoms with Crippen molar-refractivity contribution in [2.45, 2.75) is 19.3 Å². The van der Waals surface area contributed by atoms with E-state index in [1.807, 2.05) is 36.4 Å². The maximum absolute atomic E-state index is 6.28. The highest BCUT2D eigenvalue weighted by atomic mass is 16.3. The highest BCUT2D eigenvalue weighted by molar-refractivity contribution is 5.98. The quantitative estimate of drug-likeness (QED) is 0.236. The Balaban J connectivity index is 1.40. The van der Waals surface area contributed by atoms with Gasteiger partial charge < -0.3 is 4.42 Å². The van der Waals surface area contributed by atoms with Crippen LogP contribution in [0.3, 0.4) is 0 Å². The van der Waals surface area contributed by atoms with Crippen molar-refractivity contribution >= 4 is 21.7 Å². The van der Waals surface area contributed by atoms with Gasteiger partial charge in [-0.1, -0.05) is 105 Å². The summed E-state index contributed by atoms with van der Waals surface area (Å²) < 4.78 is 6.28. The molecule has 3 nitrogen and oxygen atoms in total. The molecule has 0 saturated heterocycles. The van der Waals surface area contributed by atoms with Crippen molar-refractivity contribution in [1.29, 1.82) is 0 Å². The minimum absolute atomic E-state index is 0.123. The van der Waals surface area contributed by atoms with E-state index in [1.165, 1.54) is 33.0 Å². The van der Waals surface area contributed by atoms with E-state index in [2.05, 4.69) is 98.8 Å². The fourth-order valence-corrected chi connectivity index (χ4v) is 6.22. The largest absolute Gasteiger partial charge is 0.454 e. The molecule has 40 heavy (non-hydrogen) atoms. The first-order valence-corrected chi connectivity index (χ1v) is 13.7. The van der Waals surface area contributed by atoms with Gasteiger partial charge in [-0.15, -0.1) is 0 Å². The third-order valence-corrected chi connectivity index (χ3v) is 8.28. The smallest absolute Gasteiger partial charge is 0.160 e. The lowest BCUT2D eigenvalue weighted by Crippen LogP contribution is -2.14. The second kappa shape index (κ2) is 8.49. The molecule has 0 unspecified atom stereocenters. The molecule has 5 aromatic carbocycles. The number of fused-ring (bicyclic) bond motifs is 5. The van der Waals surface area contributed by atoms with Gasteiger partial charge in [-0.05, 0) is 63.4 Å². The monoisotopic (exact) mass is 514 g/mol. The Morgan fingerprint density at radius 1 is 0.550 bits per heavy atom. The molecule has 3 heteroatoms. The Kier molecular flexibility index (Phi) is 4.86. The van der Waals surface area contributed by atoms with E-state index in [1.54, 1.807) is 0 Å². The van der Waals surface area contributed by atoms with Crippen molar-refractivity contribution in [3.63, 3.8) is 0 Å². The van der Waals surface area contributed by atoms with Crippen LogP contribution in [0.4, 0.5) is 0 Å². The topological polar surface area (TPSA) is 38.9 Å². The van der Waals surface area contributed by atoms with Crippen LogP contribution in [0.25, 0.3) is 67.0 Å². The standard InChI is InChI=1S/C37H26N2O/c1-37(2)29-17-10-16-27(35(29)28-19-24-13-6-7-14-25(24)20-30(28)37)31-22-32(34-21-26-15-8-9-18-33(26)40-34)39-36(38-31)23-11-4-3-5-12-23/h3-22H,1-2H3. The van der Waals surface area contributed by atoms with Crippen molar-refractivity contribution in [1.82, 2.24) is 9.97 Å². The second-order valence-corrected chi connectivity index (χ2v) is 11.1. The molecule has 0 spiro atoms. The zero-order valence-corrected chi connectivity index (χ0v) is 22.3. The Bertz CT molecular complexity index is 2050. The molecule has 0 atom stereocenters. The molecule has 0 saturated carbocycles. The van der Waals surface area contributed by atoms with Gasteiger partial charge in [0.1, 0.15) is 11.3 Å². The molecule has 1 aliphatic carbocycles. The van der Waals surface area contributed by atoms with E-state index in [0.29, 0.717) is 5.82 Å². The Labute approximate surface area is 232 Å². The van der Waals surface area contributed by atoms with Gasteiger partial charge in [0.15, 0.2) is 11.6 Å². The molecule has 8 rings (SSSR count). The molecule has 0 N–H and O–H groups in total. The minimum atomic E-state index is -0.123. The van der Waals surface area contributed by atoms with Gasteiger partial charge in [-0.2, -0.15) is 0 Å². The minimum Gasteiger partial charge on any atom is -0.454 e. The van der Waals surface area contributed by atoms with E-state index in [9.17, 15) is 0 Å². The number of benzene rings is 5. The maximum Gasteiger partial charge on any atom is 0.160 e. The molecule has 1 aliphatic rings. The molecule has 0 fully saturated rings. The molecule has 190 valence electrons. The summed E-state index contributed by atoms with van der Waals surface area (Å²) in [5.41, 5.74) is 9.66. The summed E-state index contributed by atoms with van der Waals surface area (Å²) in [6.45, 7) is 4.65. The second-order valence-electron chi connectivity index (χ2n) is 11.1. The molecule has 7 aromatic rings. The Hall–Kier alpha value is -5.02. The van der Waals surface area contributed by atoms with Crippen LogP contribution in [0.15, 0.2) is 126 Å². The van der Waals surface area contributed by atoms with Crippen LogP contribution >= 0.6 is 0 Å². The summed E-state index contributed by atoms with van der Waals surface area (Å²) in [6, 6.07) is 42.3. The first-order chi connectivity index (χ1) is 19.6. The summed E-state index contributed by atoms with van der Waals surface area (Å²) in [4.78, 5) is 10.2. The number of aromatic nitrogens is 2. The number of rotatable bonds is 3. The van der Waals surface area contributed by atoms with Crippen LogP contribution in [0, 0.1) is 0 Å². The molecule has 0 amide bonds. The third-order valence-electron chi connectivity index (χ3n) is 8.28. The van der Waals surface area contributed by atoms with Crippen molar-refractivity contribution in [3.05, 3.63) is 132 Å². The summed E-state index contributed by atoms with van der Waals surface area (Å²) in [5, 5.41) is 3.57. The van der Waals surface area contributed by atoms with Gasteiger partial charge in [0.25, 0.3) is 0 Å². The third kappa shape index (κ3) is 3.44. The van der Waals surface area contributed by atoms with Crippen LogP contribution in [-0.2, 0) is 5.41 Å². The molecule has 0 aliphatic heterocycles.